The van der Waals surface area contributed by atoms with E-state index >= 15 is 0 Å². The molecule has 1 N–H and O–H groups in total. The standard InChI is InChI=1S/C26H43NO/c1-3-4-5-6-7-8-9-10-11-12-13-14-15-16-17-20-23-27-26(28)25-22-19-18-21-24(25)2/h18-23H,3-17H2,1-2H3,(H,27,28). The van der Waals surface area contributed by atoms with Gasteiger partial charge in [-0.05, 0) is 31.4 Å². The molecule has 0 aliphatic carbocycles. The van der Waals surface area contributed by atoms with E-state index in [9.17, 15) is 4.79 Å². The molecular formula is C26H43NO. The number of hydrogen-bond acceptors (Lipinski definition) is 1. The minimum absolute atomic E-state index is 0.0182. The van der Waals surface area contributed by atoms with Crippen molar-refractivity contribution in [1.82, 2.24) is 5.32 Å². The van der Waals surface area contributed by atoms with Gasteiger partial charge in [0.15, 0.2) is 0 Å². The molecule has 158 valence electrons. The first kappa shape index (κ1) is 24.5. The molecule has 1 aromatic rings. The summed E-state index contributed by atoms with van der Waals surface area (Å²) in [6, 6.07) is 7.69. The van der Waals surface area contributed by atoms with E-state index in [1.165, 1.54) is 89.9 Å². The van der Waals surface area contributed by atoms with Gasteiger partial charge in [0.2, 0.25) is 0 Å². The highest BCUT2D eigenvalue weighted by molar-refractivity contribution is 5.96. The molecule has 0 aromatic heterocycles. The van der Waals surface area contributed by atoms with Crippen molar-refractivity contribution in [3.05, 3.63) is 47.7 Å². The van der Waals surface area contributed by atoms with Crippen molar-refractivity contribution in [3.8, 4) is 0 Å². The maximum atomic E-state index is 12.1. The maximum absolute atomic E-state index is 12.1. The molecule has 0 heterocycles. The maximum Gasteiger partial charge on any atom is 0.255 e. The quantitative estimate of drug-likeness (QED) is 0.270. The molecule has 1 rings (SSSR count). The Balaban J connectivity index is 1.86. The van der Waals surface area contributed by atoms with Crippen LogP contribution >= 0.6 is 0 Å². The summed E-state index contributed by atoms with van der Waals surface area (Å²) in [5.41, 5.74) is 1.77. The monoisotopic (exact) mass is 385 g/mol. The summed E-state index contributed by atoms with van der Waals surface area (Å²) in [6.45, 7) is 4.25. The molecule has 0 radical (unpaired) electrons. The van der Waals surface area contributed by atoms with Gasteiger partial charge in [0.05, 0.1) is 0 Å². The second-order valence-corrected chi connectivity index (χ2v) is 8.08. The third-order valence-corrected chi connectivity index (χ3v) is 5.45. The van der Waals surface area contributed by atoms with Crippen LogP contribution in [0.25, 0.3) is 0 Å². The molecule has 0 atom stereocenters. The number of hydrogen-bond donors (Lipinski definition) is 1. The first-order valence-corrected chi connectivity index (χ1v) is 11.8. The lowest BCUT2D eigenvalue weighted by Crippen LogP contribution is -2.17. The fourth-order valence-electron chi connectivity index (χ4n) is 3.58. The summed E-state index contributed by atoms with van der Waals surface area (Å²) >= 11 is 0. The number of carbonyl (C=O) groups excluding carboxylic acids is 1. The van der Waals surface area contributed by atoms with E-state index < -0.39 is 0 Å². The van der Waals surface area contributed by atoms with Crippen LogP contribution < -0.4 is 5.32 Å². The summed E-state index contributed by atoms with van der Waals surface area (Å²) in [5, 5.41) is 2.87. The largest absolute Gasteiger partial charge is 0.329 e. The van der Waals surface area contributed by atoms with E-state index in [0.29, 0.717) is 0 Å². The molecular weight excluding hydrogens is 342 g/mol. The van der Waals surface area contributed by atoms with Crippen LogP contribution in [0.3, 0.4) is 0 Å². The van der Waals surface area contributed by atoms with Gasteiger partial charge in [-0.3, -0.25) is 4.79 Å². The van der Waals surface area contributed by atoms with Crippen molar-refractivity contribution in [1.29, 1.82) is 0 Å². The molecule has 0 saturated carbocycles. The summed E-state index contributed by atoms with van der Waals surface area (Å²) in [5.74, 6) is -0.0182. The summed E-state index contributed by atoms with van der Waals surface area (Å²) in [6.07, 6.45) is 24.4. The predicted octanol–water partition coefficient (Wildman–Crippen LogP) is 8.11. The van der Waals surface area contributed by atoms with Crippen LogP contribution in [-0.2, 0) is 0 Å². The van der Waals surface area contributed by atoms with Crippen LogP contribution in [0.2, 0.25) is 0 Å². The molecule has 28 heavy (non-hydrogen) atoms. The number of nitrogens with one attached hydrogen (secondary N) is 1. The van der Waals surface area contributed by atoms with E-state index in [1.807, 2.05) is 31.2 Å². The molecule has 2 heteroatoms. The van der Waals surface area contributed by atoms with Crippen LogP contribution in [0.1, 0.15) is 119 Å². The Labute approximate surface area is 174 Å². The molecule has 1 aromatic carbocycles. The first-order valence-electron chi connectivity index (χ1n) is 11.8. The van der Waals surface area contributed by atoms with Gasteiger partial charge in [0.1, 0.15) is 0 Å². The minimum Gasteiger partial charge on any atom is -0.329 e. The highest BCUT2D eigenvalue weighted by atomic mass is 16.1. The van der Waals surface area contributed by atoms with E-state index in [1.54, 1.807) is 6.20 Å². The van der Waals surface area contributed by atoms with Gasteiger partial charge < -0.3 is 5.32 Å². The number of carbonyl (C=O) groups is 1. The Morgan fingerprint density at radius 3 is 1.82 bits per heavy atom. The van der Waals surface area contributed by atoms with Crippen LogP contribution in [-0.4, -0.2) is 5.91 Å². The second kappa shape index (κ2) is 17.5. The molecule has 0 spiro atoms. The Hall–Kier alpha value is -1.57. The zero-order chi connectivity index (χ0) is 20.3. The van der Waals surface area contributed by atoms with Crippen molar-refractivity contribution in [2.24, 2.45) is 0 Å². The molecule has 0 fully saturated rings. The highest BCUT2D eigenvalue weighted by Crippen LogP contribution is 2.13. The average molecular weight is 386 g/mol. The number of amides is 1. The first-order chi connectivity index (χ1) is 13.8. The van der Waals surface area contributed by atoms with Crippen molar-refractivity contribution < 1.29 is 4.79 Å². The van der Waals surface area contributed by atoms with Crippen molar-refractivity contribution in [2.45, 2.75) is 110 Å². The molecule has 0 bridgehead atoms. The molecule has 0 saturated heterocycles. The van der Waals surface area contributed by atoms with E-state index in [4.69, 9.17) is 0 Å². The third-order valence-electron chi connectivity index (χ3n) is 5.45. The van der Waals surface area contributed by atoms with E-state index in [2.05, 4.69) is 18.3 Å². The van der Waals surface area contributed by atoms with Gasteiger partial charge in [0, 0.05) is 11.8 Å². The summed E-state index contributed by atoms with van der Waals surface area (Å²) < 4.78 is 0. The second-order valence-electron chi connectivity index (χ2n) is 8.08. The number of allylic oxidation sites excluding steroid dienone is 1. The topological polar surface area (TPSA) is 29.1 Å². The van der Waals surface area contributed by atoms with Crippen molar-refractivity contribution >= 4 is 5.91 Å². The van der Waals surface area contributed by atoms with Gasteiger partial charge >= 0.3 is 0 Å². The zero-order valence-corrected chi connectivity index (χ0v) is 18.5. The van der Waals surface area contributed by atoms with E-state index in [-0.39, 0.29) is 5.91 Å². The Morgan fingerprint density at radius 1 is 0.786 bits per heavy atom. The van der Waals surface area contributed by atoms with Gasteiger partial charge in [-0.15, -0.1) is 0 Å². The Kier molecular flexibility index (Phi) is 15.3. The summed E-state index contributed by atoms with van der Waals surface area (Å²) in [7, 11) is 0. The zero-order valence-electron chi connectivity index (χ0n) is 18.5. The van der Waals surface area contributed by atoms with Crippen LogP contribution in [0.15, 0.2) is 36.5 Å². The van der Waals surface area contributed by atoms with Gasteiger partial charge in [0.25, 0.3) is 5.91 Å². The van der Waals surface area contributed by atoms with Crippen LogP contribution in [0.4, 0.5) is 0 Å². The number of benzene rings is 1. The lowest BCUT2D eigenvalue weighted by molar-refractivity contribution is 0.0969. The average Bonchev–Trinajstić information content (AvgIpc) is 2.70. The van der Waals surface area contributed by atoms with Gasteiger partial charge in [-0.25, -0.2) is 0 Å². The van der Waals surface area contributed by atoms with Gasteiger partial charge in [-0.1, -0.05) is 115 Å². The van der Waals surface area contributed by atoms with Gasteiger partial charge in [-0.2, -0.15) is 0 Å². The van der Waals surface area contributed by atoms with Crippen molar-refractivity contribution in [3.63, 3.8) is 0 Å². The highest BCUT2D eigenvalue weighted by Gasteiger charge is 2.05. The fourth-order valence-corrected chi connectivity index (χ4v) is 3.58. The molecule has 1 amide bonds. The van der Waals surface area contributed by atoms with Crippen molar-refractivity contribution in [2.75, 3.05) is 0 Å². The lowest BCUT2D eigenvalue weighted by atomic mass is 10.0. The number of rotatable bonds is 17. The molecule has 0 aliphatic rings. The minimum atomic E-state index is -0.0182. The fraction of sp³-hybridized carbons (Fsp3) is 0.654. The molecule has 0 unspecified atom stereocenters. The molecule has 2 nitrogen and oxygen atoms in total. The summed E-state index contributed by atoms with van der Waals surface area (Å²) in [4.78, 5) is 12.1. The SMILES string of the molecule is CCCCCCCCCCCCCCCCC=CNC(=O)c1ccccc1C. The smallest absolute Gasteiger partial charge is 0.255 e. The normalized spacial score (nSPS) is 11.2. The number of unbranched alkanes of at least 4 members (excludes halogenated alkanes) is 14. The number of aryl methyl sites for hydroxylation is 1. The predicted molar refractivity (Wildman–Crippen MR) is 123 cm³/mol. The Bertz CT molecular complexity index is 535. The Morgan fingerprint density at radius 2 is 1.29 bits per heavy atom. The van der Waals surface area contributed by atoms with Crippen LogP contribution in [0.5, 0.6) is 0 Å². The van der Waals surface area contributed by atoms with Crippen LogP contribution in [0, 0.1) is 6.92 Å². The van der Waals surface area contributed by atoms with E-state index in [0.717, 1.165) is 17.5 Å². The third kappa shape index (κ3) is 12.8. The lowest BCUT2D eigenvalue weighted by Gasteiger charge is -2.04. The molecule has 0 aliphatic heterocycles.